The molecule has 4 aromatic rings. The third kappa shape index (κ3) is 8.69. The Hall–Kier alpha value is -4.70. The summed E-state index contributed by atoms with van der Waals surface area (Å²) in [4.78, 5) is 29.7. The molecule has 4 rings (SSSR count). The van der Waals surface area contributed by atoms with E-state index < -0.39 is 34.3 Å². The monoisotopic (exact) mass is 631 g/mol. The lowest BCUT2D eigenvalue weighted by Gasteiger charge is -2.34. The molecule has 1 N–H and O–H groups in total. The van der Waals surface area contributed by atoms with Gasteiger partial charge in [-0.25, -0.2) is 12.8 Å². The number of benzene rings is 4. The molecule has 0 aromatic heterocycles. The van der Waals surface area contributed by atoms with Crippen LogP contribution in [0.1, 0.15) is 31.4 Å². The number of carbonyl (C=O) groups is 2. The molecule has 236 valence electrons. The van der Waals surface area contributed by atoms with Crippen LogP contribution < -0.4 is 14.4 Å². The number of hydrogen-bond acceptors (Lipinski definition) is 5. The van der Waals surface area contributed by atoms with Crippen molar-refractivity contribution < 1.29 is 27.1 Å². The molecule has 0 aliphatic carbocycles. The van der Waals surface area contributed by atoms with Gasteiger partial charge < -0.3 is 15.0 Å². The SMILES string of the molecule is CC[C@H](C)NC(=O)[C@H](Cc1ccccc1)N(Cc1ccc(F)cc1)C(=O)CN(c1ccc(OC)cc1)S(=O)(=O)c1ccccc1. The van der Waals surface area contributed by atoms with Crippen LogP contribution in [0.15, 0.2) is 114 Å². The van der Waals surface area contributed by atoms with Crippen LogP contribution in [0.25, 0.3) is 0 Å². The van der Waals surface area contributed by atoms with E-state index in [0.29, 0.717) is 17.7 Å². The molecule has 0 spiro atoms. The molecule has 45 heavy (non-hydrogen) atoms. The van der Waals surface area contributed by atoms with Gasteiger partial charge in [-0.05, 0) is 73.0 Å². The number of ether oxygens (including phenoxy) is 1. The van der Waals surface area contributed by atoms with Gasteiger partial charge in [0.1, 0.15) is 24.2 Å². The normalized spacial score (nSPS) is 12.5. The maximum absolute atomic E-state index is 14.4. The average molecular weight is 632 g/mol. The molecule has 0 radical (unpaired) electrons. The number of carbonyl (C=O) groups excluding carboxylic acids is 2. The van der Waals surface area contributed by atoms with Gasteiger partial charge in [0, 0.05) is 19.0 Å². The summed E-state index contributed by atoms with van der Waals surface area (Å²) >= 11 is 0. The molecular weight excluding hydrogens is 593 g/mol. The molecule has 0 heterocycles. The summed E-state index contributed by atoms with van der Waals surface area (Å²) in [6.45, 7) is 3.18. The molecule has 0 fully saturated rings. The molecule has 8 nitrogen and oxygen atoms in total. The predicted octanol–water partition coefficient (Wildman–Crippen LogP) is 5.58. The summed E-state index contributed by atoms with van der Waals surface area (Å²) in [5.41, 5.74) is 1.65. The first-order chi connectivity index (χ1) is 21.6. The van der Waals surface area contributed by atoms with E-state index in [4.69, 9.17) is 4.74 Å². The Balaban J connectivity index is 1.79. The summed E-state index contributed by atoms with van der Waals surface area (Å²) in [5, 5.41) is 3.00. The zero-order valence-corrected chi connectivity index (χ0v) is 26.4. The van der Waals surface area contributed by atoms with Crippen LogP contribution in [-0.4, -0.2) is 50.9 Å². The first kappa shape index (κ1) is 33.2. The second-order valence-electron chi connectivity index (χ2n) is 10.7. The first-order valence-corrected chi connectivity index (χ1v) is 16.2. The molecule has 4 aromatic carbocycles. The molecule has 0 aliphatic heterocycles. The second kappa shape index (κ2) is 15.3. The Labute approximate surface area is 264 Å². The average Bonchev–Trinajstić information content (AvgIpc) is 3.06. The highest BCUT2D eigenvalue weighted by molar-refractivity contribution is 7.92. The summed E-state index contributed by atoms with van der Waals surface area (Å²) < 4.78 is 48.2. The number of anilines is 1. The van der Waals surface area contributed by atoms with E-state index in [1.807, 2.05) is 44.2 Å². The van der Waals surface area contributed by atoms with E-state index in [1.165, 1.54) is 36.3 Å². The minimum absolute atomic E-state index is 0.00838. The van der Waals surface area contributed by atoms with Crippen molar-refractivity contribution in [3.63, 3.8) is 0 Å². The fourth-order valence-corrected chi connectivity index (χ4v) is 6.21. The number of hydrogen-bond donors (Lipinski definition) is 1. The standard InChI is InChI=1S/C35H38FN3O5S/c1-4-26(2)37-35(41)33(23-27-11-7-5-8-12-27)38(24-28-15-17-29(36)18-16-28)34(40)25-39(30-19-21-31(44-3)22-20-30)45(42,43)32-13-9-6-10-14-32/h5-22,26,33H,4,23-25H2,1-3H3,(H,37,41)/t26-,33-/m0/s1. The molecule has 0 saturated carbocycles. The summed E-state index contributed by atoms with van der Waals surface area (Å²) in [7, 11) is -2.71. The highest BCUT2D eigenvalue weighted by Gasteiger charge is 2.35. The van der Waals surface area contributed by atoms with Gasteiger partial charge in [0.2, 0.25) is 11.8 Å². The highest BCUT2D eigenvalue weighted by atomic mass is 32.2. The Kier molecular flexibility index (Phi) is 11.3. The van der Waals surface area contributed by atoms with Crippen LogP contribution in [-0.2, 0) is 32.6 Å². The summed E-state index contributed by atoms with van der Waals surface area (Å²) in [5.74, 6) is -0.892. The maximum atomic E-state index is 14.4. The molecule has 2 amide bonds. The fourth-order valence-electron chi connectivity index (χ4n) is 4.78. The topological polar surface area (TPSA) is 96.0 Å². The Morgan fingerprint density at radius 1 is 0.844 bits per heavy atom. The minimum atomic E-state index is -4.21. The Morgan fingerprint density at radius 2 is 1.44 bits per heavy atom. The van der Waals surface area contributed by atoms with E-state index in [2.05, 4.69) is 5.32 Å². The molecule has 0 unspecified atom stereocenters. The number of nitrogens with one attached hydrogen (secondary N) is 1. The van der Waals surface area contributed by atoms with Crippen molar-refractivity contribution in [2.75, 3.05) is 18.0 Å². The number of rotatable bonds is 14. The van der Waals surface area contributed by atoms with Gasteiger partial charge in [0.15, 0.2) is 0 Å². The predicted molar refractivity (Wildman–Crippen MR) is 173 cm³/mol. The Bertz CT molecular complexity index is 1650. The van der Waals surface area contributed by atoms with Crippen LogP contribution in [0.4, 0.5) is 10.1 Å². The van der Waals surface area contributed by atoms with Crippen molar-refractivity contribution >= 4 is 27.5 Å². The lowest BCUT2D eigenvalue weighted by atomic mass is 10.0. The van der Waals surface area contributed by atoms with Gasteiger partial charge >= 0.3 is 0 Å². The number of methoxy groups -OCH3 is 1. The van der Waals surface area contributed by atoms with Gasteiger partial charge in [-0.1, -0.05) is 67.6 Å². The zero-order chi connectivity index (χ0) is 32.4. The molecule has 0 saturated heterocycles. The maximum Gasteiger partial charge on any atom is 0.264 e. The number of sulfonamides is 1. The lowest BCUT2D eigenvalue weighted by molar-refractivity contribution is -0.140. The van der Waals surface area contributed by atoms with Crippen LogP contribution in [0.2, 0.25) is 0 Å². The third-order valence-electron chi connectivity index (χ3n) is 7.51. The van der Waals surface area contributed by atoms with Gasteiger partial charge in [-0.15, -0.1) is 0 Å². The number of nitrogens with zero attached hydrogens (tertiary/aromatic N) is 2. The van der Waals surface area contributed by atoms with Crippen LogP contribution in [0.3, 0.4) is 0 Å². The van der Waals surface area contributed by atoms with Gasteiger partial charge in [-0.3, -0.25) is 13.9 Å². The third-order valence-corrected chi connectivity index (χ3v) is 9.30. The van der Waals surface area contributed by atoms with E-state index in [-0.39, 0.29) is 35.5 Å². The van der Waals surface area contributed by atoms with E-state index in [1.54, 1.807) is 54.6 Å². The molecule has 0 aliphatic rings. The molecule has 0 bridgehead atoms. The molecular formula is C35H38FN3O5S. The van der Waals surface area contributed by atoms with Crippen molar-refractivity contribution in [1.29, 1.82) is 0 Å². The fraction of sp³-hybridized carbons (Fsp3) is 0.257. The smallest absolute Gasteiger partial charge is 0.264 e. The molecule has 10 heteroatoms. The van der Waals surface area contributed by atoms with Crippen LogP contribution in [0.5, 0.6) is 5.75 Å². The minimum Gasteiger partial charge on any atom is -0.497 e. The van der Waals surface area contributed by atoms with Crippen molar-refractivity contribution in [2.45, 2.75) is 50.2 Å². The number of halogens is 1. The van der Waals surface area contributed by atoms with E-state index in [9.17, 15) is 22.4 Å². The van der Waals surface area contributed by atoms with E-state index >= 15 is 0 Å². The van der Waals surface area contributed by atoms with Gasteiger partial charge in [-0.2, -0.15) is 0 Å². The number of amides is 2. The molecule has 2 atom stereocenters. The van der Waals surface area contributed by atoms with Crippen LogP contribution >= 0.6 is 0 Å². The van der Waals surface area contributed by atoms with Crippen molar-refractivity contribution in [3.8, 4) is 5.75 Å². The van der Waals surface area contributed by atoms with Gasteiger partial charge in [0.25, 0.3) is 10.0 Å². The van der Waals surface area contributed by atoms with Crippen LogP contribution in [0, 0.1) is 5.82 Å². The summed E-state index contributed by atoms with van der Waals surface area (Å²) in [6.07, 6.45) is 0.861. The van der Waals surface area contributed by atoms with E-state index in [0.717, 1.165) is 9.87 Å². The lowest BCUT2D eigenvalue weighted by Crippen LogP contribution is -2.54. The zero-order valence-electron chi connectivity index (χ0n) is 25.6. The van der Waals surface area contributed by atoms with Gasteiger partial charge in [0.05, 0.1) is 17.7 Å². The second-order valence-corrected chi connectivity index (χ2v) is 12.6. The van der Waals surface area contributed by atoms with Crippen molar-refractivity contribution in [1.82, 2.24) is 10.2 Å². The first-order valence-electron chi connectivity index (χ1n) is 14.7. The quantitative estimate of drug-likeness (QED) is 0.196. The largest absolute Gasteiger partial charge is 0.497 e. The highest BCUT2D eigenvalue weighted by Crippen LogP contribution is 2.27. The summed E-state index contributed by atoms with van der Waals surface area (Å²) in [6, 6.07) is 28.0. The Morgan fingerprint density at radius 3 is 2.02 bits per heavy atom. The van der Waals surface area contributed by atoms with Crippen molar-refractivity contribution in [2.24, 2.45) is 0 Å². The van der Waals surface area contributed by atoms with Crippen molar-refractivity contribution in [3.05, 3.63) is 126 Å².